The van der Waals surface area contributed by atoms with Gasteiger partial charge in [0, 0.05) is 19.2 Å². The molecule has 1 fully saturated rings. The number of hydrogen-bond acceptors (Lipinski definition) is 5. The summed E-state index contributed by atoms with van der Waals surface area (Å²) in [6.45, 7) is 2.21. The van der Waals surface area contributed by atoms with Crippen molar-refractivity contribution in [2.75, 3.05) is 26.3 Å². The van der Waals surface area contributed by atoms with Crippen molar-refractivity contribution in [3.05, 3.63) is 35.4 Å². The topological polar surface area (TPSA) is 72.9 Å². The van der Waals surface area contributed by atoms with Gasteiger partial charge in [-0.1, -0.05) is 0 Å². The van der Waals surface area contributed by atoms with E-state index in [1.54, 1.807) is 6.92 Å². The van der Waals surface area contributed by atoms with Gasteiger partial charge in [-0.15, -0.1) is 0 Å². The molecule has 1 aliphatic rings. The van der Waals surface area contributed by atoms with E-state index in [0.29, 0.717) is 38.6 Å². The summed E-state index contributed by atoms with van der Waals surface area (Å²) < 4.78 is 36.0. The zero-order valence-corrected chi connectivity index (χ0v) is 13.8. The molecule has 136 valence electrons. The number of hydrogen-bond donors (Lipinski definition) is 0. The lowest BCUT2D eigenvalue weighted by molar-refractivity contribution is -0.151. The third-order valence-electron chi connectivity index (χ3n) is 3.95. The van der Waals surface area contributed by atoms with Gasteiger partial charge in [-0.05, 0) is 31.9 Å². The van der Waals surface area contributed by atoms with E-state index in [9.17, 15) is 23.2 Å². The van der Waals surface area contributed by atoms with Crippen LogP contribution in [-0.2, 0) is 19.1 Å². The molecule has 0 aromatic heterocycles. The summed E-state index contributed by atoms with van der Waals surface area (Å²) in [4.78, 5) is 36.9. The molecule has 0 saturated carbocycles. The largest absolute Gasteiger partial charge is 0.466 e. The minimum atomic E-state index is -1.05. The molecule has 0 spiro atoms. The summed E-state index contributed by atoms with van der Waals surface area (Å²) in [5, 5.41) is 0. The van der Waals surface area contributed by atoms with Crippen molar-refractivity contribution in [1.29, 1.82) is 0 Å². The van der Waals surface area contributed by atoms with Crippen molar-refractivity contribution in [3.8, 4) is 0 Å². The Hall–Kier alpha value is -2.51. The molecule has 1 heterocycles. The van der Waals surface area contributed by atoms with Gasteiger partial charge in [0.25, 0.3) is 5.91 Å². The lowest BCUT2D eigenvalue weighted by Gasteiger charge is -2.30. The van der Waals surface area contributed by atoms with Gasteiger partial charge in [-0.3, -0.25) is 9.59 Å². The molecule has 0 unspecified atom stereocenters. The molecule has 0 aliphatic carbocycles. The van der Waals surface area contributed by atoms with Crippen molar-refractivity contribution >= 4 is 17.8 Å². The maximum atomic E-state index is 13.5. The highest BCUT2D eigenvalue weighted by molar-refractivity contribution is 5.91. The first kappa shape index (κ1) is 18.8. The zero-order chi connectivity index (χ0) is 18.4. The number of rotatable bonds is 5. The predicted molar refractivity (Wildman–Crippen MR) is 82.6 cm³/mol. The Bertz CT molecular complexity index is 656. The molecule has 1 aromatic rings. The van der Waals surface area contributed by atoms with Crippen LogP contribution in [0.5, 0.6) is 0 Å². The van der Waals surface area contributed by atoms with E-state index in [1.807, 2.05) is 0 Å². The van der Waals surface area contributed by atoms with E-state index in [2.05, 4.69) is 0 Å². The van der Waals surface area contributed by atoms with Crippen LogP contribution in [0.25, 0.3) is 0 Å². The van der Waals surface area contributed by atoms with Gasteiger partial charge in [-0.2, -0.15) is 0 Å². The Morgan fingerprint density at radius 1 is 1.16 bits per heavy atom. The number of esters is 2. The van der Waals surface area contributed by atoms with Crippen LogP contribution in [0.3, 0.4) is 0 Å². The number of carbonyl (C=O) groups excluding carboxylic acids is 3. The molecule has 25 heavy (non-hydrogen) atoms. The molecule has 1 aromatic carbocycles. The lowest BCUT2D eigenvalue weighted by atomic mass is 9.97. The minimum absolute atomic E-state index is 0.236. The fourth-order valence-corrected chi connectivity index (χ4v) is 2.58. The molecule has 1 saturated heterocycles. The van der Waals surface area contributed by atoms with Crippen LogP contribution >= 0.6 is 0 Å². The fraction of sp³-hybridized carbons (Fsp3) is 0.471. The molecule has 1 amide bonds. The number of piperidine rings is 1. The molecule has 0 radical (unpaired) electrons. The molecule has 2 rings (SSSR count). The third kappa shape index (κ3) is 4.98. The van der Waals surface area contributed by atoms with Crippen LogP contribution in [0.1, 0.15) is 30.1 Å². The van der Waals surface area contributed by atoms with Crippen LogP contribution in [0.15, 0.2) is 18.2 Å². The van der Waals surface area contributed by atoms with Gasteiger partial charge >= 0.3 is 11.9 Å². The Kier molecular flexibility index (Phi) is 6.44. The smallest absolute Gasteiger partial charge is 0.341 e. The quantitative estimate of drug-likeness (QED) is 0.755. The monoisotopic (exact) mass is 355 g/mol. The van der Waals surface area contributed by atoms with Crippen molar-refractivity contribution in [1.82, 2.24) is 4.90 Å². The SMILES string of the molecule is CCOC(=O)C1CCN(C(=O)COC(=O)c2ccc(F)cc2F)CC1. The summed E-state index contributed by atoms with van der Waals surface area (Å²) in [6.07, 6.45) is 0.955. The van der Waals surface area contributed by atoms with Crippen LogP contribution < -0.4 is 0 Å². The number of ether oxygens (including phenoxy) is 2. The van der Waals surface area contributed by atoms with Gasteiger partial charge in [0.15, 0.2) is 6.61 Å². The van der Waals surface area contributed by atoms with E-state index in [0.717, 1.165) is 12.1 Å². The molecule has 0 bridgehead atoms. The molecule has 1 aliphatic heterocycles. The highest BCUT2D eigenvalue weighted by atomic mass is 19.1. The molecule has 0 atom stereocenters. The molecular weight excluding hydrogens is 336 g/mol. The summed E-state index contributed by atoms with van der Waals surface area (Å²) in [5.41, 5.74) is -0.435. The maximum absolute atomic E-state index is 13.5. The summed E-state index contributed by atoms with van der Waals surface area (Å²) in [6, 6.07) is 2.46. The van der Waals surface area contributed by atoms with Crippen LogP contribution in [0.2, 0.25) is 0 Å². The van der Waals surface area contributed by atoms with E-state index in [4.69, 9.17) is 9.47 Å². The number of carbonyl (C=O) groups is 3. The number of amides is 1. The zero-order valence-electron chi connectivity index (χ0n) is 13.8. The molecule has 0 N–H and O–H groups in total. The standard InChI is InChI=1S/C17H19F2NO5/c1-2-24-16(22)11-5-7-20(8-6-11)15(21)10-25-17(23)13-4-3-12(18)9-14(13)19/h3-4,9,11H,2,5-8,10H2,1H3. The average molecular weight is 355 g/mol. The first-order valence-electron chi connectivity index (χ1n) is 7.99. The third-order valence-corrected chi connectivity index (χ3v) is 3.95. The normalized spacial score (nSPS) is 14.9. The summed E-state index contributed by atoms with van der Waals surface area (Å²) in [7, 11) is 0. The van der Waals surface area contributed by atoms with Gasteiger partial charge in [-0.25, -0.2) is 13.6 Å². The van der Waals surface area contributed by atoms with Crippen molar-refractivity contribution in [3.63, 3.8) is 0 Å². The maximum Gasteiger partial charge on any atom is 0.341 e. The highest BCUT2D eigenvalue weighted by Crippen LogP contribution is 2.19. The van der Waals surface area contributed by atoms with E-state index >= 15 is 0 Å². The molecular formula is C17H19F2NO5. The second-order valence-electron chi connectivity index (χ2n) is 5.61. The first-order valence-corrected chi connectivity index (χ1v) is 7.99. The van der Waals surface area contributed by atoms with Crippen LogP contribution in [0, 0.1) is 17.6 Å². The van der Waals surface area contributed by atoms with Gasteiger partial charge in [0.1, 0.15) is 11.6 Å². The summed E-state index contributed by atoms with van der Waals surface area (Å²) >= 11 is 0. The number of benzene rings is 1. The van der Waals surface area contributed by atoms with Gasteiger partial charge in [0.05, 0.1) is 18.1 Å². The van der Waals surface area contributed by atoms with E-state index in [1.165, 1.54) is 4.90 Å². The first-order chi connectivity index (χ1) is 11.9. The minimum Gasteiger partial charge on any atom is -0.466 e. The molecule has 8 heteroatoms. The summed E-state index contributed by atoms with van der Waals surface area (Å²) in [5.74, 6) is -3.83. The van der Waals surface area contributed by atoms with E-state index in [-0.39, 0.29) is 11.9 Å². The second-order valence-corrected chi connectivity index (χ2v) is 5.61. The Morgan fingerprint density at radius 2 is 1.84 bits per heavy atom. The van der Waals surface area contributed by atoms with Crippen molar-refractivity contribution in [2.45, 2.75) is 19.8 Å². The second kappa shape index (κ2) is 8.55. The Morgan fingerprint density at radius 3 is 2.44 bits per heavy atom. The number of nitrogens with zero attached hydrogens (tertiary/aromatic N) is 1. The Labute approximate surface area is 143 Å². The highest BCUT2D eigenvalue weighted by Gasteiger charge is 2.28. The lowest BCUT2D eigenvalue weighted by Crippen LogP contribution is -2.42. The fourth-order valence-electron chi connectivity index (χ4n) is 2.58. The molecule has 6 nitrogen and oxygen atoms in total. The average Bonchev–Trinajstić information content (AvgIpc) is 2.59. The van der Waals surface area contributed by atoms with Crippen molar-refractivity contribution in [2.24, 2.45) is 5.92 Å². The number of halogens is 2. The van der Waals surface area contributed by atoms with E-state index < -0.39 is 35.7 Å². The van der Waals surface area contributed by atoms with Gasteiger partial charge < -0.3 is 14.4 Å². The van der Waals surface area contributed by atoms with Crippen LogP contribution in [0.4, 0.5) is 8.78 Å². The predicted octanol–water partition coefficient (Wildman–Crippen LogP) is 1.92. The van der Waals surface area contributed by atoms with Crippen LogP contribution in [-0.4, -0.2) is 49.0 Å². The van der Waals surface area contributed by atoms with Gasteiger partial charge in [0.2, 0.25) is 0 Å². The Balaban J connectivity index is 1.81. The number of likely N-dealkylation sites (tertiary alicyclic amines) is 1. The van der Waals surface area contributed by atoms with Crippen molar-refractivity contribution < 1.29 is 32.6 Å².